The molecule has 1 aromatic carbocycles. The number of ketones is 2. The summed E-state index contributed by atoms with van der Waals surface area (Å²) in [4.78, 5) is 40.1. The van der Waals surface area contributed by atoms with Gasteiger partial charge in [-0.3, -0.25) is 19.3 Å². The monoisotopic (exact) mass is 522 g/mol. The summed E-state index contributed by atoms with van der Waals surface area (Å²) in [6.45, 7) is 1.67. The summed E-state index contributed by atoms with van der Waals surface area (Å²) in [6.07, 6.45) is -1.60. The third-order valence-electron chi connectivity index (χ3n) is 7.08. The lowest BCUT2D eigenvalue weighted by Crippen LogP contribution is -2.70. The number of hydrogen-bond acceptors (Lipinski definition) is 9. The van der Waals surface area contributed by atoms with Crippen LogP contribution in [0.4, 0.5) is 0 Å². The molecule has 1 amide bonds. The number of Topliss-reactive ketones (excluding diaryl/α,β-unsaturated/α-hetero) is 2. The van der Waals surface area contributed by atoms with Crippen molar-refractivity contribution in [1.29, 1.82) is 0 Å². The Morgan fingerprint density at radius 1 is 1.18 bits per heavy atom. The van der Waals surface area contributed by atoms with E-state index in [1.165, 1.54) is 19.0 Å². The Morgan fingerprint density at radius 2 is 1.79 bits per heavy atom. The number of amides is 1. The minimum Gasteiger partial charge on any atom is -0.508 e. The van der Waals surface area contributed by atoms with Gasteiger partial charge in [0.2, 0.25) is 5.78 Å². The zero-order chi connectivity index (χ0) is 24.7. The highest BCUT2D eigenvalue weighted by molar-refractivity contribution is 9.10. The van der Waals surface area contributed by atoms with E-state index in [-0.39, 0.29) is 15.8 Å². The summed E-state index contributed by atoms with van der Waals surface area (Å²) < 4.78 is 0.245. The Bertz CT molecular complexity index is 1190. The van der Waals surface area contributed by atoms with Crippen molar-refractivity contribution in [3.05, 3.63) is 44.6 Å². The number of carbonyl (C=O) groups excluding carboxylic acids is 3. The molecule has 1 saturated carbocycles. The Hall–Kier alpha value is -2.73. The van der Waals surface area contributed by atoms with Crippen molar-refractivity contribution in [2.24, 2.45) is 17.6 Å². The number of rotatable bonds is 2. The molecule has 11 heteroatoms. The van der Waals surface area contributed by atoms with E-state index in [4.69, 9.17) is 5.73 Å². The highest BCUT2D eigenvalue weighted by Gasteiger charge is 2.68. The van der Waals surface area contributed by atoms with Gasteiger partial charge >= 0.3 is 0 Å². The maximum absolute atomic E-state index is 13.7. The maximum atomic E-state index is 13.7. The van der Waals surface area contributed by atoms with Crippen molar-refractivity contribution in [3.8, 4) is 5.75 Å². The molecule has 4 rings (SSSR count). The van der Waals surface area contributed by atoms with Crippen LogP contribution < -0.4 is 5.73 Å². The van der Waals surface area contributed by atoms with Gasteiger partial charge in [0.05, 0.1) is 28.1 Å². The highest BCUT2D eigenvalue weighted by atomic mass is 79.9. The van der Waals surface area contributed by atoms with Crippen molar-refractivity contribution < 1.29 is 39.9 Å². The molecular weight excluding hydrogens is 500 g/mol. The predicted octanol–water partition coefficient (Wildman–Crippen LogP) is 0.258. The topological polar surface area (TPSA) is 182 Å². The first-order valence-electron chi connectivity index (χ1n) is 10.1. The SMILES string of the molecule is C[C@H]1c2ccc(Br)c(O)c2C(O)=C2C(=O)[C@]3(O)C(O)=C(C(N)=O)C(=O)[C@@H](N(C)C)[C@@H]3[C@@H](O)[C@@H]21. The van der Waals surface area contributed by atoms with Gasteiger partial charge in [-0.1, -0.05) is 13.0 Å². The smallest absolute Gasteiger partial charge is 0.255 e. The Kier molecular flexibility index (Phi) is 5.25. The number of halogens is 1. The molecule has 7 N–H and O–H groups in total. The number of phenolic OH excluding ortho intramolecular Hbond substituents is 1. The van der Waals surface area contributed by atoms with Crippen molar-refractivity contribution in [2.75, 3.05) is 14.1 Å². The van der Waals surface area contributed by atoms with Crippen molar-refractivity contribution in [3.63, 3.8) is 0 Å². The van der Waals surface area contributed by atoms with E-state index in [9.17, 15) is 39.9 Å². The van der Waals surface area contributed by atoms with E-state index in [0.717, 1.165) is 0 Å². The minimum absolute atomic E-state index is 0.0552. The largest absolute Gasteiger partial charge is 0.508 e. The predicted molar refractivity (Wildman–Crippen MR) is 118 cm³/mol. The number of fused-ring (bicyclic) bond motifs is 3. The highest BCUT2D eigenvalue weighted by Crippen LogP contribution is 2.56. The van der Waals surface area contributed by atoms with Crippen LogP contribution in [0.15, 0.2) is 33.5 Å². The zero-order valence-electron chi connectivity index (χ0n) is 17.9. The van der Waals surface area contributed by atoms with Crippen LogP contribution >= 0.6 is 15.9 Å². The maximum Gasteiger partial charge on any atom is 0.255 e. The second-order valence-corrected chi connectivity index (χ2v) is 9.76. The summed E-state index contributed by atoms with van der Waals surface area (Å²) in [5.74, 6) is -9.02. The quantitative estimate of drug-likeness (QED) is 0.296. The second kappa shape index (κ2) is 7.39. The number of phenols is 1. The number of nitrogens with two attached hydrogens (primary N) is 1. The number of aliphatic hydroxyl groups excluding tert-OH is 3. The molecule has 33 heavy (non-hydrogen) atoms. The fourth-order valence-corrected chi connectivity index (χ4v) is 5.92. The van der Waals surface area contributed by atoms with E-state index in [2.05, 4.69) is 15.9 Å². The Balaban J connectivity index is 2.07. The summed E-state index contributed by atoms with van der Waals surface area (Å²) in [7, 11) is 2.91. The summed E-state index contributed by atoms with van der Waals surface area (Å²) >= 11 is 3.16. The van der Waals surface area contributed by atoms with Gasteiger partial charge in [-0.25, -0.2) is 0 Å². The lowest BCUT2D eigenvalue weighted by Gasteiger charge is -2.53. The number of carbonyl (C=O) groups is 3. The Labute approximate surface area is 196 Å². The minimum atomic E-state index is -2.91. The summed E-state index contributed by atoms with van der Waals surface area (Å²) in [5.41, 5.74) is 1.39. The fraction of sp³-hybridized carbons (Fsp3) is 0.409. The van der Waals surface area contributed by atoms with Crippen molar-refractivity contribution in [2.45, 2.75) is 30.6 Å². The van der Waals surface area contributed by atoms with Gasteiger partial charge in [0.25, 0.3) is 5.91 Å². The number of aliphatic hydroxyl groups is 4. The normalized spacial score (nSPS) is 33.7. The number of benzene rings is 1. The van der Waals surface area contributed by atoms with Crippen LogP contribution in [0.2, 0.25) is 0 Å². The van der Waals surface area contributed by atoms with Crippen molar-refractivity contribution in [1.82, 2.24) is 4.90 Å². The molecule has 0 saturated heterocycles. The standard InChI is InChI=1S/C22H23BrN2O8/c1-6-7-4-5-8(23)15(26)10(7)16(27)11-9(6)17(28)13-14(25(2)3)18(29)12(21(24)32)20(31)22(13,33)19(11)30/h4-6,9,13-14,17,26-28,31,33H,1-3H3,(H2,24,32)/t6-,9+,13+,14-,17-,22-/m0/s1. The second-order valence-electron chi connectivity index (χ2n) is 8.91. The van der Waals surface area contributed by atoms with Crippen LogP contribution in [-0.2, 0) is 14.4 Å². The van der Waals surface area contributed by atoms with Crippen molar-refractivity contribution >= 4 is 39.2 Å². The summed E-state index contributed by atoms with van der Waals surface area (Å²) in [5, 5.41) is 55.4. The molecule has 0 unspecified atom stereocenters. The first-order chi connectivity index (χ1) is 15.3. The van der Waals surface area contributed by atoms with Gasteiger partial charge in [-0.05, 0) is 47.6 Å². The van der Waals surface area contributed by atoms with E-state index >= 15 is 0 Å². The van der Waals surface area contributed by atoms with Gasteiger partial charge in [0, 0.05) is 11.5 Å². The fourth-order valence-electron chi connectivity index (χ4n) is 5.59. The lowest BCUT2D eigenvalue weighted by atomic mass is 9.54. The first-order valence-corrected chi connectivity index (χ1v) is 10.9. The van der Waals surface area contributed by atoms with Crippen LogP contribution in [0.1, 0.15) is 24.0 Å². The average molecular weight is 523 g/mol. The van der Waals surface area contributed by atoms with Gasteiger partial charge in [-0.15, -0.1) is 0 Å². The molecule has 6 atom stereocenters. The first kappa shape index (κ1) is 23.4. The van der Waals surface area contributed by atoms with E-state index in [1.807, 2.05) is 0 Å². The zero-order valence-corrected chi connectivity index (χ0v) is 19.5. The molecule has 1 aromatic rings. The molecule has 0 radical (unpaired) electrons. The van der Waals surface area contributed by atoms with E-state index < -0.39 is 75.6 Å². The van der Waals surface area contributed by atoms with Gasteiger partial charge in [0.1, 0.15) is 22.8 Å². The molecule has 0 aromatic heterocycles. The number of primary amides is 1. The molecule has 0 heterocycles. The molecule has 0 aliphatic heterocycles. The lowest BCUT2D eigenvalue weighted by molar-refractivity contribution is -0.169. The van der Waals surface area contributed by atoms with Crippen LogP contribution in [0.25, 0.3) is 5.76 Å². The van der Waals surface area contributed by atoms with Crippen LogP contribution in [0.5, 0.6) is 5.75 Å². The molecule has 3 aliphatic carbocycles. The molecule has 176 valence electrons. The number of nitrogens with zero attached hydrogens (tertiary/aromatic N) is 1. The summed E-state index contributed by atoms with van der Waals surface area (Å²) in [6, 6.07) is 1.80. The number of hydrogen-bond donors (Lipinski definition) is 6. The van der Waals surface area contributed by atoms with Gasteiger partial charge in [-0.2, -0.15) is 0 Å². The molecule has 1 fully saturated rings. The Morgan fingerprint density at radius 3 is 2.33 bits per heavy atom. The molecular formula is C22H23BrN2O8. The average Bonchev–Trinajstić information content (AvgIpc) is 2.72. The number of likely N-dealkylation sites (N-methyl/N-ethyl adjacent to an activating group) is 1. The van der Waals surface area contributed by atoms with Crippen LogP contribution in [0.3, 0.4) is 0 Å². The van der Waals surface area contributed by atoms with Gasteiger partial charge < -0.3 is 31.3 Å². The molecule has 10 nitrogen and oxygen atoms in total. The van der Waals surface area contributed by atoms with Crippen LogP contribution in [0, 0.1) is 11.8 Å². The van der Waals surface area contributed by atoms with E-state index in [0.29, 0.717) is 5.56 Å². The third kappa shape index (κ3) is 2.79. The van der Waals surface area contributed by atoms with Crippen LogP contribution in [-0.4, -0.2) is 79.7 Å². The number of aromatic hydroxyl groups is 1. The van der Waals surface area contributed by atoms with E-state index in [1.54, 1.807) is 19.1 Å². The third-order valence-corrected chi connectivity index (χ3v) is 7.72. The molecule has 0 spiro atoms. The molecule has 3 aliphatic rings. The van der Waals surface area contributed by atoms with Gasteiger partial charge in [0.15, 0.2) is 11.4 Å². The molecule has 0 bridgehead atoms.